The first-order chi connectivity index (χ1) is 14.5. The summed E-state index contributed by atoms with van der Waals surface area (Å²) in [6, 6.07) is 15.2. The van der Waals surface area contributed by atoms with E-state index in [0.717, 1.165) is 49.7 Å². The second kappa shape index (κ2) is 11.2. The molecular formula is C23H30ClN3O3. The fourth-order valence-corrected chi connectivity index (χ4v) is 3.53. The number of urea groups is 1. The lowest BCUT2D eigenvalue weighted by Gasteiger charge is -2.26. The fourth-order valence-electron chi connectivity index (χ4n) is 3.33. The topological polar surface area (TPSA) is 54.0 Å². The zero-order chi connectivity index (χ0) is 21.3. The van der Waals surface area contributed by atoms with E-state index >= 15 is 0 Å². The Labute approximate surface area is 183 Å². The summed E-state index contributed by atoms with van der Waals surface area (Å²) in [6.45, 7) is 7.43. The van der Waals surface area contributed by atoms with Crippen LogP contribution in [0.25, 0.3) is 0 Å². The molecule has 0 bridgehead atoms. The maximum Gasteiger partial charge on any atom is 0.317 e. The Balaban J connectivity index is 1.46. The predicted molar refractivity (Wildman–Crippen MR) is 119 cm³/mol. The summed E-state index contributed by atoms with van der Waals surface area (Å²) >= 11 is 6.07. The van der Waals surface area contributed by atoms with Gasteiger partial charge in [-0.25, -0.2) is 4.79 Å². The monoisotopic (exact) mass is 431 g/mol. The Bertz CT molecular complexity index is 827. The maximum absolute atomic E-state index is 12.6. The van der Waals surface area contributed by atoms with Crippen LogP contribution in [-0.4, -0.2) is 62.3 Å². The first-order valence-electron chi connectivity index (χ1n) is 10.3. The molecule has 1 atom stereocenters. The molecule has 1 aliphatic heterocycles. The minimum atomic E-state index is -0.138. The lowest BCUT2D eigenvalue weighted by Crippen LogP contribution is -2.38. The van der Waals surface area contributed by atoms with Gasteiger partial charge in [-0.05, 0) is 42.3 Å². The standard InChI is InChI=1S/C23H30ClN3O3/c1-18(20-6-4-7-21(24)16-20)26(2)23(28)25-17-19-5-3-8-22(15-19)30-14-11-27-9-12-29-13-10-27/h3-8,15-16,18H,9-14,17H2,1-2H3,(H,25,28). The number of benzene rings is 2. The van der Waals surface area contributed by atoms with Crippen LogP contribution in [0.2, 0.25) is 5.02 Å². The van der Waals surface area contributed by atoms with E-state index in [1.54, 1.807) is 11.9 Å². The second-order valence-electron chi connectivity index (χ2n) is 7.45. The molecule has 1 heterocycles. The number of carbonyl (C=O) groups excluding carboxylic acids is 1. The first kappa shape index (κ1) is 22.4. The van der Waals surface area contributed by atoms with Crippen LogP contribution >= 0.6 is 11.6 Å². The smallest absolute Gasteiger partial charge is 0.317 e. The highest BCUT2D eigenvalue weighted by Crippen LogP contribution is 2.22. The van der Waals surface area contributed by atoms with Crippen molar-refractivity contribution in [2.24, 2.45) is 0 Å². The second-order valence-corrected chi connectivity index (χ2v) is 7.89. The molecule has 0 spiro atoms. The van der Waals surface area contributed by atoms with Crippen molar-refractivity contribution in [1.82, 2.24) is 15.1 Å². The first-order valence-corrected chi connectivity index (χ1v) is 10.7. The molecule has 0 aromatic heterocycles. The number of hydrogen-bond donors (Lipinski definition) is 1. The number of nitrogens with zero attached hydrogens (tertiary/aromatic N) is 2. The molecular weight excluding hydrogens is 402 g/mol. The van der Waals surface area contributed by atoms with Crippen LogP contribution in [0.4, 0.5) is 4.79 Å². The normalized spacial score (nSPS) is 15.4. The van der Waals surface area contributed by atoms with Gasteiger partial charge in [0.05, 0.1) is 19.3 Å². The van der Waals surface area contributed by atoms with Crippen LogP contribution in [0, 0.1) is 0 Å². The van der Waals surface area contributed by atoms with Crippen molar-refractivity contribution in [3.63, 3.8) is 0 Å². The van der Waals surface area contributed by atoms with Gasteiger partial charge in [0.2, 0.25) is 0 Å². The van der Waals surface area contributed by atoms with E-state index in [0.29, 0.717) is 18.2 Å². The third-order valence-corrected chi connectivity index (χ3v) is 5.59. The quantitative estimate of drug-likeness (QED) is 0.687. The third kappa shape index (κ3) is 6.62. The average molecular weight is 432 g/mol. The van der Waals surface area contributed by atoms with Gasteiger partial charge in [-0.3, -0.25) is 4.90 Å². The molecule has 1 aliphatic rings. The van der Waals surface area contributed by atoms with E-state index in [4.69, 9.17) is 21.1 Å². The van der Waals surface area contributed by atoms with Crippen LogP contribution in [0.1, 0.15) is 24.1 Å². The Morgan fingerprint density at radius 2 is 2.00 bits per heavy atom. The molecule has 1 fully saturated rings. The molecule has 2 amide bonds. The van der Waals surface area contributed by atoms with Crippen molar-refractivity contribution in [3.05, 3.63) is 64.7 Å². The highest BCUT2D eigenvalue weighted by atomic mass is 35.5. The van der Waals surface area contributed by atoms with Crippen molar-refractivity contribution in [2.75, 3.05) is 46.5 Å². The molecule has 0 aliphatic carbocycles. The highest BCUT2D eigenvalue weighted by molar-refractivity contribution is 6.30. The van der Waals surface area contributed by atoms with E-state index in [1.807, 2.05) is 55.5 Å². The molecule has 162 valence electrons. The van der Waals surface area contributed by atoms with Crippen molar-refractivity contribution in [1.29, 1.82) is 0 Å². The Hall–Kier alpha value is -2.28. The van der Waals surface area contributed by atoms with Gasteiger partial charge in [0.1, 0.15) is 12.4 Å². The van der Waals surface area contributed by atoms with Gasteiger partial charge >= 0.3 is 6.03 Å². The van der Waals surface area contributed by atoms with Gasteiger partial charge in [-0.15, -0.1) is 0 Å². The van der Waals surface area contributed by atoms with Crippen LogP contribution in [0.3, 0.4) is 0 Å². The predicted octanol–water partition coefficient (Wildman–Crippen LogP) is 3.95. The zero-order valence-corrected chi connectivity index (χ0v) is 18.4. The van der Waals surface area contributed by atoms with Gasteiger partial charge in [0.25, 0.3) is 0 Å². The third-order valence-electron chi connectivity index (χ3n) is 5.35. The van der Waals surface area contributed by atoms with Crippen molar-refractivity contribution >= 4 is 17.6 Å². The van der Waals surface area contributed by atoms with Crippen LogP contribution in [-0.2, 0) is 11.3 Å². The summed E-state index contributed by atoms with van der Waals surface area (Å²) in [4.78, 5) is 16.6. The zero-order valence-electron chi connectivity index (χ0n) is 17.6. The van der Waals surface area contributed by atoms with Gasteiger partial charge in [0.15, 0.2) is 0 Å². The molecule has 1 N–H and O–H groups in total. The lowest BCUT2D eigenvalue weighted by molar-refractivity contribution is 0.0322. The number of halogens is 1. The van der Waals surface area contributed by atoms with Gasteiger partial charge < -0.3 is 19.7 Å². The summed E-state index contributed by atoms with van der Waals surface area (Å²) in [6.07, 6.45) is 0. The fraction of sp³-hybridized carbons (Fsp3) is 0.435. The van der Waals surface area contributed by atoms with Gasteiger partial charge in [-0.2, -0.15) is 0 Å². The number of nitrogens with one attached hydrogen (secondary N) is 1. The van der Waals surface area contributed by atoms with E-state index in [2.05, 4.69) is 10.2 Å². The number of hydrogen-bond acceptors (Lipinski definition) is 4. The molecule has 30 heavy (non-hydrogen) atoms. The number of ether oxygens (including phenoxy) is 2. The lowest BCUT2D eigenvalue weighted by atomic mass is 10.1. The van der Waals surface area contributed by atoms with Gasteiger partial charge in [0, 0.05) is 38.2 Å². The van der Waals surface area contributed by atoms with Crippen LogP contribution < -0.4 is 10.1 Å². The molecule has 2 aromatic carbocycles. The minimum Gasteiger partial charge on any atom is -0.492 e. The van der Waals surface area contributed by atoms with Gasteiger partial charge in [-0.1, -0.05) is 35.9 Å². The summed E-state index contributed by atoms with van der Waals surface area (Å²) in [7, 11) is 1.78. The number of rotatable bonds is 8. The average Bonchev–Trinajstić information content (AvgIpc) is 2.77. The number of morpholine rings is 1. The van der Waals surface area contributed by atoms with Crippen molar-refractivity contribution in [3.8, 4) is 5.75 Å². The largest absolute Gasteiger partial charge is 0.492 e. The summed E-state index contributed by atoms with van der Waals surface area (Å²) in [5.74, 6) is 0.815. The molecule has 3 rings (SSSR count). The van der Waals surface area contributed by atoms with Crippen molar-refractivity contribution in [2.45, 2.75) is 19.5 Å². The van der Waals surface area contributed by atoms with Crippen molar-refractivity contribution < 1.29 is 14.3 Å². The molecule has 7 heteroatoms. The number of amides is 2. The Morgan fingerprint density at radius 3 is 2.77 bits per heavy atom. The molecule has 0 radical (unpaired) electrons. The van der Waals surface area contributed by atoms with E-state index in [9.17, 15) is 4.79 Å². The van der Waals surface area contributed by atoms with Crippen LogP contribution in [0.15, 0.2) is 48.5 Å². The maximum atomic E-state index is 12.6. The Morgan fingerprint density at radius 1 is 1.23 bits per heavy atom. The SMILES string of the molecule is CC(c1cccc(Cl)c1)N(C)C(=O)NCc1cccc(OCCN2CCOCC2)c1. The molecule has 1 saturated heterocycles. The molecule has 0 saturated carbocycles. The molecule has 6 nitrogen and oxygen atoms in total. The van der Waals surface area contributed by atoms with E-state index < -0.39 is 0 Å². The van der Waals surface area contributed by atoms with E-state index in [1.165, 1.54) is 0 Å². The van der Waals surface area contributed by atoms with Crippen LogP contribution in [0.5, 0.6) is 5.75 Å². The summed E-state index contributed by atoms with van der Waals surface area (Å²) in [5, 5.41) is 3.64. The molecule has 1 unspecified atom stereocenters. The highest BCUT2D eigenvalue weighted by Gasteiger charge is 2.17. The molecule has 2 aromatic rings. The minimum absolute atomic E-state index is 0.0847. The summed E-state index contributed by atoms with van der Waals surface area (Å²) < 4.78 is 11.3. The summed E-state index contributed by atoms with van der Waals surface area (Å²) in [5.41, 5.74) is 1.99. The number of carbonyl (C=O) groups is 1. The van der Waals surface area contributed by atoms with E-state index in [-0.39, 0.29) is 12.1 Å². The Kier molecular flexibility index (Phi) is 8.37.